The third-order valence-corrected chi connectivity index (χ3v) is 4.04. The van der Waals surface area contributed by atoms with Gasteiger partial charge in [-0.3, -0.25) is 9.48 Å². The number of aromatic amines is 1. The van der Waals surface area contributed by atoms with Gasteiger partial charge in [0.25, 0.3) is 5.56 Å². The topological polar surface area (TPSA) is 64.8 Å². The monoisotopic (exact) mass is 308 g/mol. The molecule has 0 aliphatic carbocycles. The Kier molecular flexibility index (Phi) is 3.51. The van der Waals surface area contributed by atoms with E-state index in [2.05, 4.69) is 10.1 Å². The molecule has 3 aromatic heterocycles. The largest absolute Gasteiger partial charge is 0.383 e. The molecule has 0 radical (unpaired) electrons. The highest BCUT2D eigenvalue weighted by Crippen LogP contribution is 2.15. The molecule has 0 aromatic carbocycles. The SMILES string of the molecule is COCCn1cc(-n2c(=S)[nH]c3sccc3c2=O)cn1. The predicted molar refractivity (Wildman–Crippen MR) is 80.3 cm³/mol. The average molecular weight is 308 g/mol. The van der Waals surface area contributed by atoms with Gasteiger partial charge in [-0.05, 0) is 23.7 Å². The van der Waals surface area contributed by atoms with Gasteiger partial charge in [-0.15, -0.1) is 11.3 Å². The summed E-state index contributed by atoms with van der Waals surface area (Å²) in [7, 11) is 1.63. The molecular formula is C12H12N4O2S2. The van der Waals surface area contributed by atoms with Crippen molar-refractivity contribution in [1.82, 2.24) is 19.3 Å². The number of methoxy groups -OCH3 is 1. The van der Waals surface area contributed by atoms with Crippen molar-refractivity contribution in [1.29, 1.82) is 0 Å². The summed E-state index contributed by atoms with van der Waals surface area (Å²) in [5.74, 6) is 0. The average Bonchev–Trinajstić information content (AvgIpc) is 3.05. The van der Waals surface area contributed by atoms with Crippen LogP contribution in [0.5, 0.6) is 0 Å². The maximum atomic E-state index is 12.5. The number of thiophene rings is 1. The quantitative estimate of drug-likeness (QED) is 0.748. The van der Waals surface area contributed by atoms with Gasteiger partial charge in [0.1, 0.15) is 4.83 Å². The van der Waals surface area contributed by atoms with Crippen molar-refractivity contribution >= 4 is 33.8 Å². The van der Waals surface area contributed by atoms with E-state index in [0.29, 0.717) is 29.0 Å². The minimum Gasteiger partial charge on any atom is -0.383 e. The van der Waals surface area contributed by atoms with Crippen LogP contribution in [0.15, 0.2) is 28.6 Å². The van der Waals surface area contributed by atoms with Crippen LogP contribution in [0.1, 0.15) is 0 Å². The molecule has 0 fully saturated rings. The number of fused-ring (bicyclic) bond motifs is 1. The number of ether oxygens (including phenoxy) is 1. The zero-order valence-electron chi connectivity index (χ0n) is 10.7. The molecule has 0 aliphatic heterocycles. The summed E-state index contributed by atoms with van der Waals surface area (Å²) >= 11 is 6.73. The lowest BCUT2D eigenvalue weighted by Gasteiger charge is -2.03. The van der Waals surface area contributed by atoms with Gasteiger partial charge in [0.2, 0.25) is 0 Å². The lowest BCUT2D eigenvalue weighted by Crippen LogP contribution is -2.19. The molecule has 0 bridgehead atoms. The van der Waals surface area contributed by atoms with Gasteiger partial charge in [-0.2, -0.15) is 5.10 Å². The standard InChI is InChI=1S/C12H12N4O2S2/c1-18-4-3-15-7-8(6-13-15)16-11(17)9-2-5-20-10(9)14-12(16)19/h2,5-7H,3-4H2,1H3,(H,14,19). The molecule has 104 valence electrons. The smallest absolute Gasteiger partial charge is 0.267 e. The number of hydrogen-bond acceptors (Lipinski definition) is 5. The van der Waals surface area contributed by atoms with Crippen molar-refractivity contribution in [3.63, 3.8) is 0 Å². The fraction of sp³-hybridized carbons (Fsp3) is 0.250. The molecule has 0 amide bonds. The number of nitrogens with one attached hydrogen (secondary N) is 1. The van der Waals surface area contributed by atoms with Crippen LogP contribution in [-0.4, -0.2) is 33.0 Å². The Balaban J connectivity index is 2.12. The summed E-state index contributed by atoms with van der Waals surface area (Å²) in [4.78, 5) is 16.3. The third-order valence-electron chi connectivity index (χ3n) is 2.92. The van der Waals surface area contributed by atoms with Crippen LogP contribution in [-0.2, 0) is 11.3 Å². The van der Waals surface area contributed by atoms with Crippen molar-refractivity contribution in [2.45, 2.75) is 6.54 Å². The molecule has 3 aromatic rings. The van der Waals surface area contributed by atoms with Crippen molar-refractivity contribution in [3.8, 4) is 5.69 Å². The molecule has 0 aliphatic rings. The van der Waals surface area contributed by atoms with Crippen molar-refractivity contribution < 1.29 is 4.74 Å². The first-order valence-corrected chi connectivity index (χ1v) is 7.24. The van der Waals surface area contributed by atoms with E-state index in [9.17, 15) is 4.79 Å². The maximum Gasteiger partial charge on any atom is 0.267 e. The number of nitrogens with zero attached hydrogens (tertiary/aromatic N) is 3. The molecule has 6 nitrogen and oxygen atoms in total. The Labute approximate surface area is 123 Å². The zero-order valence-corrected chi connectivity index (χ0v) is 12.3. The Bertz CT molecular complexity index is 858. The fourth-order valence-corrected chi connectivity index (χ4v) is 3.08. The second-order valence-corrected chi connectivity index (χ2v) is 5.49. The molecule has 3 rings (SSSR count). The van der Waals surface area contributed by atoms with E-state index in [1.54, 1.807) is 30.3 Å². The van der Waals surface area contributed by atoms with Crippen LogP contribution < -0.4 is 5.56 Å². The van der Waals surface area contributed by atoms with Crippen molar-refractivity contribution in [3.05, 3.63) is 39.0 Å². The number of rotatable bonds is 4. The summed E-state index contributed by atoms with van der Waals surface area (Å²) in [5.41, 5.74) is 0.525. The molecule has 0 saturated carbocycles. The fourth-order valence-electron chi connectivity index (χ4n) is 1.95. The molecule has 1 N–H and O–H groups in total. The van der Waals surface area contributed by atoms with E-state index in [4.69, 9.17) is 17.0 Å². The highest BCUT2D eigenvalue weighted by molar-refractivity contribution is 7.71. The van der Waals surface area contributed by atoms with E-state index in [1.165, 1.54) is 15.9 Å². The molecule has 0 spiro atoms. The van der Waals surface area contributed by atoms with Crippen molar-refractivity contribution in [2.75, 3.05) is 13.7 Å². The van der Waals surface area contributed by atoms with Gasteiger partial charge in [0, 0.05) is 13.3 Å². The van der Waals surface area contributed by atoms with E-state index in [0.717, 1.165) is 4.83 Å². The van der Waals surface area contributed by atoms with E-state index < -0.39 is 0 Å². The molecule has 8 heteroatoms. The van der Waals surface area contributed by atoms with E-state index in [-0.39, 0.29) is 5.56 Å². The molecule has 0 atom stereocenters. The van der Waals surface area contributed by atoms with Crippen LogP contribution in [0, 0.1) is 4.77 Å². The number of hydrogen-bond donors (Lipinski definition) is 1. The van der Waals surface area contributed by atoms with Gasteiger partial charge in [0.05, 0.1) is 30.4 Å². The first-order valence-electron chi connectivity index (χ1n) is 5.95. The van der Waals surface area contributed by atoms with Gasteiger partial charge in [0.15, 0.2) is 4.77 Å². The van der Waals surface area contributed by atoms with Crippen LogP contribution in [0.4, 0.5) is 0 Å². The van der Waals surface area contributed by atoms with Crippen LogP contribution in [0.2, 0.25) is 0 Å². The molecule has 0 unspecified atom stereocenters. The highest BCUT2D eigenvalue weighted by atomic mass is 32.1. The Morgan fingerprint density at radius 3 is 3.20 bits per heavy atom. The lowest BCUT2D eigenvalue weighted by atomic mass is 10.4. The Hall–Kier alpha value is -1.77. The number of H-pyrrole nitrogens is 1. The number of aromatic nitrogens is 4. The summed E-state index contributed by atoms with van der Waals surface area (Å²) in [6.45, 7) is 1.19. The van der Waals surface area contributed by atoms with Crippen LogP contribution >= 0.6 is 23.6 Å². The highest BCUT2D eigenvalue weighted by Gasteiger charge is 2.10. The van der Waals surface area contributed by atoms with E-state index >= 15 is 0 Å². The van der Waals surface area contributed by atoms with E-state index in [1.807, 2.05) is 5.38 Å². The minimum atomic E-state index is -0.128. The maximum absolute atomic E-state index is 12.5. The first kappa shape index (κ1) is 13.2. The van der Waals surface area contributed by atoms with Gasteiger partial charge in [-0.1, -0.05) is 0 Å². The summed E-state index contributed by atoms with van der Waals surface area (Å²) < 4.78 is 8.55. The predicted octanol–water partition coefficient (Wildman–Crippen LogP) is 1.95. The first-order chi connectivity index (χ1) is 9.70. The molecule has 0 saturated heterocycles. The lowest BCUT2D eigenvalue weighted by molar-refractivity contribution is 0.183. The normalized spacial score (nSPS) is 11.2. The van der Waals surface area contributed by atoms with Crippen molar-refractivity contribution in [2.24, 2.45) is 0 Å². The third kappa shape index (κ3) is 2.21. The summed E-state index contributed by atoms with van der Waals surface area (Å²) in [6.07, 6.45) is 3.40. The summed E-state index contributed by atoms with van der Waals surface area (Å²) in [5, 5.41) is 6.70. The van der Waals surface area contributed by atoms with Crippen LogP contribution in [0.25, 0.3) is 15.9 Å². The summed E-state index contributed by atoms with van der Waals surface area (Å²) in [6, 6.07) is 1.79. The molecule has 3 heterocycles. The molecule has 20 heavy (non-hydrogen) atoms. The molecular weight excluding hydrogens is 296 g/mol. The zero-order chi connectivity index (χ0) is 14.1. The van der Waals surface area contributed by atoms with Crippen LogP contribution in [0.3, 0.4) is 0 Å². The van der Waals surface area contributed by atoms with Gasteiger partial charge < -0.3 is 9.72 Å². The Morgan fingerprint density at radius 2 is 2.40 bits per heavy atom. The van der Waals surface area contributed by atoms with Gasteiger partial charge in [-0.25, -0.2) is 4.57 Å². The second kappa shape index (κ2) is 5.31. The minimum absolute atomic E-state index is 0.128. The van der Waals surface area contributed by atoms with Gasteiger partial charge >= 0.3 is 0 Å². The Morgan fingerprint density at radius 1 is 1.55 bits per heavy atom. The second-order valence-electron chi connectivity index (χ2n) is 4.19.